The molecule has 6 nitrogen and oxygen atoms in total. The zero-order valence-corrected chi connectivity index (χ0v) is 14.3. The zero-order valence-electron chi connectivity index (χ0n) is 14.3. The van der Waals surface area contributed by atoms with E-state index >= 15 is 0 Å². The van der Waals surface area contributed by atoms with Crippen molar-refractivity contribution in [1.29, 1.82) is 0 Å². The molecule has 0 radical (unpaired) electrons. The first kappa shape index (κ1) is 20.3. The van der Waals surface area contributed by atoms with Crippen molar-refractivity contribution in [2.45, 2.75) is 54.4 Å². The van der Waals surface area contributed by atoms with Crippen LogP contribution in [0.2, 0.25) is 0 Å². The molecule has 0 rings (SSSR count). The van der Waals surface area contributed by atoms with E-state index in [-0.39, 0.29) is 37.6 Å². The van der Waals surface area contributed by atoms with Crippen LogP contribution in [0.25, 0.3) is 0 Å². The fourth-order valence-electron chi connectivity index (χ4n) is 1.70. The number of esters is 2. The molecule has 0 atom stereocenters. The lowest BCUT2D eigenvalue weighted by molar-refractivity contribution is -0.160. The summed E-state index contributed by atoms with van der Waals surface area (Å²) in [5.74, 6) is -2.01. The zero-order chi connectivity index (χ0) is 17.6. The molecule has 0 saturated heterocycles. The van der Waals surface area contributed by atoms with Crippen molar-refractivity contribution in [3.63, 3.8) is 0 Å². The standard InChI is InChI=1S/C16H26O6/c1-7-21-13(19)15(3,4)11(17)9-10-12(18)16(5,6)14(20)22-8-2/h7-10H2,1-6H3. The lowest BCUT2D eigenvalue weighted by Gasteiger charge is -2.23. The largest absolute Gasteiger partial charge is 0.465 e. The van der Waals surface area contributed by atoms with E-state index in [2.05, 4.69) is 0 Å². The molecule has 0 aromatic carbocycles. The van der Waals surface area contributed by atoms with Crippen molar-refractivity contribution >= 4 is 23.5 Å². The summed E-state index contributed by atoms with van der Waals surface area (Å²) >= 11 is 0. The molecule has 0 N–H and O–H groups in total. The molecule has 6 heteroatoms. The Kier molecular flexibility index (Phi) is 7.43. The van der Waals surface area contributed by atoms with E-state index in [1.54, 1.807) is 13.8 Å². The number of hydrogen-bond acceptors (Lipinski definition) is 6. The maximum Gasteiger partial charge on any atom is 0.319 e. The summed E-state index contributed by atoms with van der Waals surface area (Å²) < 4.78 is 9.71. The minimum atomic E-state index is -1.30. The summed E-state index contributed by atoms with van der Waals surface area (Å²) in [7, 11) is 0. The summed E-state index contributed by atoms with van der Waals surface area (Å²) in [5, 5.41) is 0. The number of hydrogen-bond donors (Lipinski definition) is 0. The Hall–Kier alpha value is -1.72. The number of carbonyl (C=O) groups excluding carboxylic acids is 4. The van der Waals surface area contributed by atoms with Crippen LogP contribution in [0.3, 0.4) is 0 Å². The van der Waals surface area contributed by atoms with Gasteiger partial charge in [-0.25, -0.2) is 0 Å². The van der Waals surface area contributed by atoms with Crippen LogP contribution in [-0.2, 0) is 28.7 Å². The van der Waals surface area contributed by atoms with Gasteiger partial charge in [-0.2, -0.15) is 0 Å². The lowest BCUT2D eigenvalue weighted by atomic mass is 9.81. The van der Waals surface area contributed by atoms with E-state index < -0.39 is 22.8 Å². The lowest BCUT2D eigenvalue weighted by Crippen LogP contribution is -2.38. The topological polar surface area (TPSA) is 86.7 Å². The van der Waals surface area contributed by atoms with Crippen molar-refractivity contribution in [3.05, 3.63) is 0 Å². The normalized spacial score (nSPS) is 11.7. The van der Waals surface area contributed by atoms with E-state index in [1.807, 2.05) is 0 Å². The van der Waals surface area contributed by atoms with Gasteiger partial charge in [0, 0.05) is 12.8 Å². The molecule has 0 aromatic rings. The number of ketones is 2. The Bertz CT molecular complexity index is 406. The van der Waals surface area contributed by atoms with Crippen molar-refractivity contribution in [2.75, 3.05) is 13.2 Å². The van der Waals surface area contributed by atoms with Crippen LogP contribution in [0.5, 0.6) is 0 Å². The average molecular weight is 314 g/mol. The van der Waals surface area contributed by atoms with Gasteiger partial charge < -0.3 is 9.47 Å². The van der Waals surface area contributed by atoms with E-state index in [0.717, 1.165) is 0 Å². The van der Waals surface area contributed by atoms with Gasteiger partial charge in [-0.15, -0.1) is 0 Å². The van der Waals surface area contributed by atoms with Crippen LogP contribution in [0.15, 0.2) is 0 Å². The molecule has 0 spiro atoms. The Morgan fingerprint density at radius 2 is 0.955 bits per heavy atom. The van der Waals surface area contributed by atoms with Crippen LogP contribution in [-0.4, -0.2) is 36.7 Å². The van der Waals surface area contributed by atoms with Crippen LogP contribution in [0.1, 0.15) is 54.4 Å². The Balaban J connectivity index is 4.74. The van der Waals surface area contributed by atoms with E-state index in [1.165, 1.54) is 27.7 Å². The number of ether oxygens (including phenoxy) is 2. The summed E-state index contributed by atoms with van der Waals surface area (Å²) in [6, 6.07) is 0. The van der Waals surface area contributed by atoms with Crippen molar-refractivity contribution in [3.8, 4) is 0 Å². The van der Waals surface area contributed by atoms with E-state index in [9.17, 15) is 19.2 Å². The quantitative estimate of drug-likeness (QED) is 0.478. The molecule has 0 amide bonds. The number of carbonyl (C=O) groups is 4. The first-order chi connectivity index (χ1) is 10.0. The summed E-state index contributed by atoms with van der Waals surface area (Å²) in [4.78, 5) is 47.8. The minimum Gasteiger partial charge on any atom is -0.465 e. The molecule has 0 aromatic heterocycles. The molecule has 0 saturated carbocycles. The molecule has 22 heavy (non-hydrogen) atoms. The van der Waals surface area contributed by atoms with Crippen molar-refractivity contribution in [1.82, 2.24) is 0 Å². The predicted octanol–water partition coefficient (Wildman–Crippen LogP) is 2.08. The van der Waals surface area contributed by atoms with Crippen LogP contribution in [0, 0.1) is 10.8 Å². The molecule has 0 fully saturated rings. The SMILES string of the molecule is CCOC(=O)C(C)(C)C(=O)CCC(=O)C(C)(C)C(=O)OCC. The molecule has 0 unspecified atom stereocenters. The third-order valence-electron chi connectivity index (χ3n) is 3.54. The first-order valence-corrected chi connectivity index (χ1v) is 7.42. The van der Waals surface area contributed by atoms with Crippen LogP contribution in [0.4, 0.5) is 0 Å². The summed E-state index contributed by atoms with van der Waals surface area (Å²) in [6.45, 7) is 9.55. The first-order valence-electron chi connectivity index (χ1n) is 7.42. The second-order valence-corrected chi connectivity index (χ2v) is 6.04. The maximum absolute atomic E-state index is 12.1. The third-order valence-corrected chi connectivity index (χ3v) is 3.54. The number of Topliss-reactive ketones (excluding diaryl/α,β-unsaturated/α-hetero) is 2. The van der Waals surface area contributed by atoms with Gasteiger partial charge in [-0.05, 0) is 41.5 Å². The monoisotopic (exact) mass is 314 g/mol. The van der Waals surface area contributed by atoms with Gasteiger partial charge in [-0.3, -0.25) is 19.2 Å². The third kappa shape index (κ3) is 4.93. The highest BCUT2D eigenvalue weighted by atomic mass is 16.5. The molecular formula is C16H26O6. The minimum absolute atomic E-state index is 0.118. The maximum atomic E-state index is 12.1. The second kappa shape index (κ2) is 8.06. The van der Waals surface area contributed by atoms with Crippen LogP contribution >= 0.6 is 0 Å². The summed E-state index contributed by atoms with van der Waals surface area (Å²) in [6.07, 6.45) is -0.235. The number of rotatable bonds is 9. The second-order valence-electron chi connectivity index (χ2n) is 6.04. The molecule has 126 valence electrons. The Labute approximate surface area is 131 Å². The fourth-order valence-corrected chi connectivity index (χ4v) is 1.70. The van der Waals surface area contributed by atoms with Gasteiger partial charge in [0.05, 0.1) is 13.2 Å². The fraction of sp³-hybridized carbons (Fsp3) is 0.750. The molecule has 0 aliphatic carbocycles. The molecule has 0 heterocycles. The summed E-state index contributed by atoms with van der Waals surface area (Å²) in [5.41, 5.74) is -2.60. The van der Waals surface area contributed by atoms with Gasteiger partial charge in [0.1, 0.15) is 22.4 Å². The van der Waals surface area contributed by atoms with Crippen molar-refractivity contribution in [2.24, 2.45) is 10.8 Å². The molecule has 0 bridgehead atoms. The van der Waals surface area contributed by atoms with Crippen molar-refractivity contribution < 1.29 is 28.7 Å². The molecule has 0 aliphatic heterocycles. The van der Waals surface area contributed by atoms with E-state index in [0.29, 0.717) is 0 Å². The molecular weight excluding hydrogens is 288 g/mol. The van der Waals surface area contributed by atoms with Gasteiger partial charge in [0.25, 0.3) is 0 Å². The van der Waals surface area contributed by atoms with Gasteiger partial charge in [-0.1, -0.05) is 0 Å². The average Bonchev–Trinajstić information content (AvgIpc) is 2.44. The highest BCUT2D eigenvalue weighted by Crippen LogP contribution is 2.25. The van der Waals surface area contributed by atoms with Gasteiger partial charge in [0.2, 0.25) is 0 Å². The van der Waals surface area contributed by atoms with Gasteiger partial charge >= 0.3 is 11.9 Å². The molecule has 0 aliphatic rings. The highest BCUT2D eigenvalue weighted by molar-refractivity contribution is 6.07. The van der Waals surface area contributed by atoms with Crippen LogP contribution < -0.4 is 0 Å². The van der Waals surface area contributed by atoms with Gasteiger partial charge in [0.15, 0.2) is 0 Å². The predicted molar refractivity (Wildman–Crippen MR) is 80.1 cm³/mol. The highest BCUT2D eigenvalue weighted by Gasteiger charge is 2.40. The van der Waals surface area contributed by atoms with E-state index in [4.69, 9.17) is 9.47 Å². The smallest absolute Gasteiger partial charge is 0.319 e. The Morgan fingerprint density at radius 1 is 0.682 bits per heavy atom. The Morgan fingerprint density at radius 3 is 1.18 bits per heavy atom.